The van der Waals surface area contributed by atoms with E-state index in [0.29, 0.717) is 17.9 Å². The molecule has 208 valence electrons. The first-order valence-corrected chi connectivity index (χ1v) is 14.3. The molecule has 0 aliphatic carbocycles. The van der Waals surface area contributed by atoms with Gasteiger partial charge in [-0.15, -0.1) is 0 Å². The zero-order chi connectivity index (χ0) is 28.6. The van der Waals surface area contributed by atoms with Gasteiger partial charge in [-0.2, -0.15) is 0 Å². The van der Waals surface area contributed by atoms with Crippen molar-refractivity contribution in [3.05, 3.63) is 90.5 Å². The van der Waals surface area contributed by atoms with Crippen LogP contribution in [0.4, 0.5) is 5.69 Å². The lowest BCUT2D eigenvalue weighted by molar-refractivity contribution is -0.141. The normalized spacial score (nSPS) is 12.3. The molecule has 3 aromatic carbocycles. The van der Waals surface area contributed by atoms with E-state index in [2.05, 4.69) is 5.32 Å². The van der Waals surface area contributed by atoms with Crippen molar-refractivity contribution >= 4 is 27.5 Å². The van der Waals surface area contributed by atoms with Crippen molar-refractivity contribution in [2.24, 2.45) is 0 Å². The van der Waals surface area contributed by atoms with Gasteiger partial charge in [-0.1, -0.05) is 55.5 Å². The van der Waals surface area contributed by atoms with Crippen LogP contribution >= 0.6 is 0 Å². The number of methoxy groups -OCH3 is 1. The van der Waals surface area contributed by atoms with E-state index in [1.165, 1.54) is 24.1 Å². The van der Waals surface area contributed by atoms with E-state index in [1.54, 1.807) is 42.5 Å². The van der Waals surface area contributed by atoms with Crippen molar-refractivity contribution in [1.29, 1.82) is 0 Å². The average Bonchev–Trinajstić information content (AvgIpc) is 2.91. The highest BCUT2D eigenvalue weighted by Crippen LogP contribution is 2.26. The number of hydrogen-bond acceptors (Lipinski definition) is 5. The molecular weight excluding hydrogens is 514 g/mol. The second kappa shape index (κ2) is 12.8. The monoisotopic (exact) mass is 551 g/mol. The largest absolute Gasteiger partial charge is 0.497 e. The van der Waals surface area contributed by atoms with Crippen molar-refractivity contribution in [1.82, 2.24) is 10.2 Å². The Morgan fingerprint density at radius 3 is 1.97 bits per heavy atom. The molecule has 0 bridgehead atoms. The van der Waals surface area contributed by atoms with E-state index in [9.17, 15) is 18.0 Å². The van der Waals surface area contributed by atoms with Crippen LogP contribution in [0.5, 0.6) is 5.75 Å². The molecule has 0 aromatic heterocycles. The molecule has 0 saturated heterocycles. The quantitative estimate of drug-likeness (QED) is 0.375. The van der Waals surface area contributed by atoms with Gasteiger partial charge in [0, 0.05) is 12.1 Å². The summed E-state index contributed by atoms with van der Waals surface area (Å²) in [5.41, 5.74) is 0.632. The minimum Gasteiger partial charge on any atom is -0.497 e. The van der Waals surface area contributed by atoms with Crippen molar-refractivity contribution in [2.75, 3.05) is 18.0 Å². The second-order valence-electron chi connectivity index (χ2n) is 10.2. The van der Waals surface area contributed by atoms with E-state index in [-0.39, 0.29) is 17.3 Å². The molecule has 0 fully saturated rings. The highest BCUT2D eigenvalue weighted by molar-refractivity contribution is 7.92. The van der Waals surface area contributed by atoms with Gasteiger partial charge >= 0.3 is 0 Å². The van der Waals surface area contributed by atoms with Crippen LogP contribution in [0.1, 0.15) is 39.7 Å². The van der Waals surface area contributed by atoms with Crippen LogP contribution in [-0.4, -0.2) is 50.4 Å². The number of hydrogen-bond donors (Lipinski definition) is 1. The predicted octanol–water partition coefficient (Wildman–Crippen LogP) is 4.61. The van der Waals surface area contributed by atoms with Gasteiger partial charge < -0.3 is 15.0 Å². The van der Waals surface area contributed by atoms with Gasteiger partial charge in [-0.3, -0.25) is 13.9 Å². The topological polar surface area (TPSA) is 96.0 Å². The molecule has 2 amide bonds. The Morgan fingerprint density at radius 1 is 0.897 bits per heavy atom. The Morgan fingerprint density at radius 2 is 1.46 bits per heavy atom. The average molecular weight is 552 g/mol. The maximum absolute atomic E-state index is 14.0. The molecule has 8 nitrogen and oxygen atoms in total. The standard InChI is InChI=1S/C30H37N3O5S/c1-6-27(29(35)31-30(2,3)4)32(21-23-13-9-7-10-14-23)28(34)22-33(24-17-19-25(38-5)20-18-24)39(36,37)26-15-11-8-12-16-26/h7-20,27H,6,21-22H2,1-5H3,(H,31,35)/t27-/m0/s1. The summed E-state index contributed by atoms with van der Waals surface area (Å²) in [5.74, 6) is -0.237. The van der Waals surface area contributed by atoms with Crippen molar-refractivity contribution in [3.63, 3.8) is 0 Å². The second-order valence-corrected chi connectivity index (χ2v) is 12.1. The molecule has 0 spiro atoms. The van der Waals surface area contributed by atoms with E-state index < -0.39 is 34.1 Å². The summed E-state index contributed by atoms with van der Waals surface area (Å²) in [6.07, 6.45) is 0.356. The lowest BCUT2D eigenvalue weighted by Crippen LogP contribution is -2.55. The van der Waals surface area contributed by atoms with Gasteiger partial charge in [-0.05, 0) is 69.2 Å². The maximum atomic E-state index is 14.0. The summed E-state index contributed by atoms with van der Waals surface area (Å²) in [5, 5.41) is 2.97. The number of amides is 2. The van der Waals surface area contributed by atoms with Crippen LogP contribution < -0.4 is 14.4 Å². The molecule has 0 heterocycles. The number of carbonyl (C=O) groups is 2. The number of carbonyl (C=O) groups excluding carboxylic acids is 2. The zero-order valence-corrected chi connectivity index (χ0v) is 23.9. The van der Waals surface area contributed by atoms with Crippen LogP contribution in [0.3, 0.4) is 0 Å². The van der Waals surface area contributed by atoms with Crippen LogP contribution in [0.15, 0.2) is 89.8 Å². The molecule has 0 radical (unpaired) electrons. The number of nitrogens with zero attached hydrogens (tertiary/aromatic N) is 2. The van der Waals surface area contributed by atoms with E-state index in [4.69, 9.17) is 4.74 Å². The van der Waals surface area contributed by atoms with Crippen LogP contribution in [0.25, 0.3) is 0 Å². The summed E-state index contributed by atoms with van der Waals surface area (Å²) in [7, 11) is -2.59. The van der Waals surface area contributed by atoms with Gasteiger partial charge in [0.2, 0.25) is 11.8 Å². The lowest BCUT2D eigenvalue weighted by atomic mass is 10.1. The Bertz CT molecular complexity index is 1340. The Hall–Kier alpha value is -3.85. The predicted molar refractivity (Wildman–Crippen MR) is 153 cm³/mol. The molecule has 39 heavy (non-hydrogen) atoms. The molecule has 0 aliphatic rings. The molecule has 1 atom stereocenters. The van der Waals surface area contributed by atoms with Crippen LogP contribution in [-0.2, 0) is 26.2 Å². The minimum atomic E-state index is -4.11. The van der Waals surface area contributed by atoms with E-state index in [0.717, 1.165) is 9.87 Å². The number of nitrogens with one attached hydrogen (secondary N) is 1. The lowest BCUT2D eigenvalue weighted by Gasteiger charge is -2.34. The third-order valence-corrected chi connectivity index (χ3v) is 7.84. The van der Waals surface area contributed by atoms with Crippen LogP contribution in [0.2, 0.25) is 0 Å². The Balaban J connectivity index is 2.05. The SMILES string of the molecule is CC[C@@H](C(=O)NC(C)(C)C)N(Cc1ccccc1)C(=O)CN(c1ccc(OC)cc1)S(=O)(=O)c1ccccc1. The molecule has 3 rings (SSSR count). The molecule has 1 N–H and O–H groups in total. The third kappa shape index (κ3) is 7.83. The van der Waals surface area contributed by atoms with Gasteiger partial charge in [0.05, 0.1) is 17.7 Å². The molecule has 9 heteroatoms. The Labute approximate surface area is 231 Å². The van der Waals surface area contributed by atoms with Gasteiger partial charge in [0.15, 0.2) is 0 Å². The number of benzene rings is 3. The maximum Gasteiger partial charge on any atom is 0.264 e. The first-order chi connectivity index (χ1) is 18.5. The molecule has 0 unspecified atom stereocenters. The van der Waals surface area contributed by atoms with E-state index >= 15 is 0 Å². The number of ether oxygens (including phenoxy) is 1. The summed E-state index contributed by atoms with van der Waals surface area (Å²) in [4.78, 5) is 28.9. The van der Waals surface area contributed by atoms with Gasteiger partial charge in [-0.25, -0.2) is 8.42 Å². The Kier molecular flexibility index (Phi) is 9.75. The summed E-state index contributed by atoms with van der Waals surface area (Å²) in [6, 6.07) is 23.0. The number of sulfonamides is 1. The van der Waals surface area contributed by atoms with E-state index in [1.807, 2.05) is 58.0 Å². The van der Waals surface area contributed by atoms with Crippen molar-refractivity contribution in [2.45, 2.75) is 57.1 Å². The smallest absolute Gasteiger partial charge is 0.264 e. The van der Waals surface area contributed by atoms with Gasteiger partial charge in [0.25, 0.3) is 10.0 Å². The van der Waals surface area contributed by atoms with Crippen molar-refractivity contribution in [3.8, 4) is 5.75 Å². The van der Waals surface area contributed by atoms with Gasteiger partial charge in [0.1, 0.15) is 18.3 Å². The fourth-order valence-electron chi connectivity index (χ4n) is 4.15. The summed E-state index contributed by atoms with van der Waals surface area (Å²) >= 11 is 0. The highest BCUT2D eigenvalue weighted by atomic mass is 32.2. The van der Waals surface area contributed by atoms with Crippen LogP contribution in [0, 0.1) is 0 Å². The number of anilines is 1. The molecular formula is C30H37N3O5S. The first kappa shape index (κ1) is 29.7. The fourth-order valence-corrected chi connectivity index (χ4v) is 5.58. The molecule has 0 saturated carbocycles. The highest BCUT2D eigenvalue weighted by Gasteiger charge is 2.34. The molecule has 0 aliphatic heterocycles. The third-order valence-electron chi connectivity index (χ3n) is 6.05. The molecule has 3 aromatic rings. The zero-order valence-electron chi connectivity index (χ0n) is 23.1. The first-order valence-electron chi connectivity index (χ1n) is 12.8. The minimum absolute atomic E-state index is 0.0562. The summed E-state index contributed by atoms with van der Waals surface area (Å²) < 4.78 is 33.9. The number of rotatable bonds is 11. The van der Waals surface area contributed by atoms with Crippen molar-refractivity contribution < 1.29 is 22.7 Å². The fraction of sp³-hybridized carbons (Fsp3) is 0.333. The summed E-state index contributed by atoms with van der Waals surface area (Å²) in [6.45, 7) is 7.11.